The SMILES string of the molecule is COc1cc2c(cc1Nc1ncc(-c3cnn(C)c3)c(Nc3ccccc3P(C)(C)=O)n1)CCCC2. The van der Waals surface area contributed by atoms with Crippen molar-refractivity contribution in [3.05, 3.63) is 66.1 Å². The van der Waals surface area contributed by atoms with Crippen molar-refractivity contribution in [1.82, 2.24) is 19.7 Å². The van der Waals surface area contributed by atoms with Crippen molar-refractivity contribution in [2.45, 2.75) is 25.7 Å². The lowest BCUT2D eigenvalue weighted by molar-refractivity contribution is 0.415. The highest BCUT2D eigenvalue weighted by Gasteiger charge is 2.19. The molecule has 0 saturated heterocycles. The highest BCUT2D eigenvalue weighted by molar-refractivity contribution is 7.70. The van der Waals surface area contributed by atoms with E-state index >= 15 is 0 Å². The fourth-order valence-electron chi connectivity index (χ4n) is 4.64. The van der Waals surface area contributed by atoms with Gasteiger partial charge in [-0.1, -0.05) is 12.1 Å². The lowest BCUT2D eigenvalue weighted by Crippen LogP contribution is -2.11. The number of para-hydroxylation sites is 1. The molecule has 2 N–H and O–H groups in total. The minimum atomic E-state index is -2.52. The summed E-state index contributed by atoms with van der Waals surface area (Å²) in [6.45, 7) is 3.54. The van der Waals surface area contributed by atoms with E-state index in [1.54, 1.807) is 37.5 Å². The molecular formula is C27H31N6O2P. The number of fused-ring (bicyclic) bond motifs is 1. The van der Waals surface area contributed by atoms with E-state index in [1.807, 2.05) is 37.5 Å². The van der Waals surface area contributed by atoms with Gasteiger partial charge in [-0.25, -0.2) is 4.98 Å². The summed E-state index contributed by atoms with van der Waals surface area (Å²) in [6.07, 6.45) is 10.0. The van der Waals surface area contributed by atoms with Crippen LogP contribution in [0.15, 0.2) is 55.0 Å². The summed E-state index contributed by atoms with van der Waals surface area (Å²) in [6, 6.07) is 11.9. The monoisotopic (exact) mass is 502 g/mol. The van der Waals surface area contributed by atoms with Crippen LogP contribution in [0.25, 0.3) is 11.1 Å². The Morgan fingerprint density at radius 2 is 1.75 bits per heavy atom. The van der Waals surface area contributed by atoms with Crippen molar-refractivity contribution in [2.75, 3.05) is 31.1 Å². The van der Waals surface area contributed by atoms with E-state index in [4.69, 9.17) is 9.72 Å². The van der Waals surface area contributed by atoms with Gasteiger partial charge in [0.05, 0.1) is 24.7 Å². The molecule has 0 atom stereocenters. The summed E-state index contributed by atoms with van der Waals surface area (Å²) >= 11 is 0. The lowest BCUT2D eigenvalue weighted by atomic mass is 9.91. The van der Waals surface area contributed by atoms with Crippen LogP contribution in [0.1, 0.15) is 24.0 Å². The zero-order chi connectivity index (χ0) is 25.3. The Bertz CT molecular complexity index is 1460. The fourth-order valence-corrected chi connectivity index (χ4v) is 5.79. The fraction of sp³-hybridized carbons (Fsp3) is 0.296. The standard InChI is InChI=1S/C27H31N6O2P/c1-33-17-20(15-29-33)21-16-28-27(31-23-13-18-9-5-6-10-19(18)14-24(23)35-2)32-26(21)30-22-11-7-8-12-25(22)36(3,4)34/h7-8,11-17H,5-6,9-10H2,1-4H3,(H2,28,30,31,32). The van der Waals surface area contributed by atoms with Crippen LogP contribution in [0.3, 0.4) is 0 Å². The van der Waals surface area contributed by atoms with Crippen molar-refractivity contribution in [3.63, 3.8) is 0 Å². The molecule has 1 aliphatic carbocycles. The first-order valence-corrected chi connectivity index (χ1v) is 14.7. The molecule has 5 rings (SSSR count). The van der Waals surface area contributed by atoms with Gasteiger partial charge >= 0.3 is 0 Å². The van der Waals surface area contributed by atoms with E-state index in [2.05, 4.69) is 32.8 Å². The number of methoxy groups -OCH3 is 1. The Morgan fingerprint density at radius 1 is 1.00 bits per heavy atom. The number of hydrogen-bond acceptors (Lipinski definition) is 7. The number of aromatic nitrogens is 4. The zero-order valence-electron chi connectivity index (χ0n) is 21.1. The van der Waals surface area contributed by atoms with Gasteiger partial charge in [0, 0.05) is 35.9 Å². The van der Waals surface area contributed by atoms with Crippen LogP contribution in [0.2, 0.25) is 0 Å². The average Bonchev–Trinajstić information content (AvgIpc) is 3.29. The number of rotatable bonds is 7. The first kappa shape index (κ1) is 24.1. The van der Waals surface area contributed by atoms with Gasteiger partial charge < -0.3 is 19.9 Å². The summed E-state index contributed by atoms with van der Waals surface area (Å²) in [7, 11) is 1.03. The van der Waals surface area contributed by atoms with E-state index in [9.17, 15) is 4.57 Å². The molecular weight excluding hydrogens is 471 g/mol. The van der Waals surface area contributed by atoms with Crippen LogP contribution in [0.5, 0.6) is 5.75 Å². The number of anilines is 4. The second-order valence-electron chi connectivity index (χ2n) is 9.50. The molecule has 1 aliphatic rings. The lowest BCUT2D eigenvalue weighted by Gasteiger charge is -2.20. The first-order chi connectivity index (χ1) is 17.3. The van der Waals surface area contributed by atoms with Gasteiger partial charge in [-0.3, -0.25) is 4.68 Å². The van der Waals surface area contributed by atoms with Gasteiger partial charge in [0.2, 0.25) is 5.95 Å². The first-order valence-electron chi connectivity index (χ1n) is 12.1. The molecule has 0 aliphatic heterocycles. The summed E-state index contributed by atoms with van der Waals surface area (Å²) in [4.78, 5) is 9.45. The normalized spacial score (nSPS) is 13.2. The van der Waals surface area contributed by atoms with E-state index in [0.717, 1.165) is 46.4 Å². The van der Waals surface area contributed by atoms with Gasteiger partial charge in [0.1, 0.15) is 18.7 Å². The van der Waals surface area contributed by atoms with Crippen LogP contribution >= 0.6 is 7.14 Å². The maximum atomic E-state index is 13.0. The van der Waals surface area contributed by atoms with Crippen LogP contribution in [0, 0.1) is 0 Å². The number of ether oxygens (including phenoxy) is 1. The van der Waals surface area contributed by atoms with E-state index in [0.29, 0.717) is 11.8 Å². The molecule has 0 spiro atoms. The third-order valence-corrected chi connectivity index (χ3v) is 8.00. The maximum Gasteiger partial charge on any atom is 0.229 e. The van der Waals surface area contributed by atoms with Crippen molar-refractivity contribution in [2.24, 2.45) is 7.05 Å². The largest absolute Gasteiger partial charge is 0.495 e. The summed E-state index contributed by atoms with van der Waals surface area (Å²) in [5, 5.41) is 11.9. The van der Waals surface area contributed by atoms with Crippen molar-refractivity contribution >= 4 is 35.6 Å². The molecule has 0 amide bonds. The third-order valence-electron chi connectivity index (χ3n) is 6.45. The number of benzene rings is 2. The maximum absolute atomic E-state index is 13.0. The molecule has 0 saturated carbocycles. The number of nitrogens with zero attached hydrogens (tertiary/aromatic N) is 4. The molecule has 2 aromatic carbocycles. The van der Waals surface area contributed by atoms with Gasteiger partial charge in [-0.15, -0.1) is 0 Å². The van der Waals surface area contributed by atoms with E-state index in [1.165, 1.54) is 24.0 Å². The third kappa shape index (κ3) is 5.00. The van der Waals surface area contributed by atoms with E-state index in [-0.39, 0.29) is 0 Å². The van der Waals surface area contributed by atoms with Crippen molar-refractivity contribution < 1.29 is 9.30 Å². The van der Waals surface area contributed by atoms with Crippen molar-refractivity contribution in [1.29, 1.82) is 0 Å². The Kier molecular flexibility index (Phi) is 6.54. The topological polar surface area (TPSA) is 94.0 Å². The molecule has 4 aromatic rings. The Morgan fingerprint density at radius 3 is 2.44 bits per heavy atom. The van der Waals surface area contributed by atoms with Crippen molar-refractivity contribution in [3.8, 4) is 16.9 Å². The Labute approximate surface area is 211 Å². The van der Waals surface area contributed by atoms with Crippen LogP contribution in [0.4, 0.5) is 23.1 Å². The van der Waals surface area contributed by atoms with Gasteiger partial charge in [0.25, 0.3) is 0 Å². The van der Waals surface area contributed by atoms with E-state index < -0.39 is 7.14 Å². The molecule has 0 fully saturated rings. The van der Waals surface area contributed by atoms with Gasteiger partial charge in [0.15, 0.2) is 0 Å². The van der Waals surface area contributed by atoms with Crippen LogP contribution in [-0.4, -0.2) is 40.2 Å². The second kappa shape index (κ2) is 9.78. The minimum Gasteiger partial charge on any atom is -0.495 e. The number of hydrogen-bond donors (Lipinski definition) is 2. The molecule has 0 bridgehead atoms. The van der Waals surface area contributed by atoms with Crippen LogP contribution < -0.4 is 20.7 Å². The summed E-state index contributed by atoms with van der Waals surface area (Å²) in [5.41, 5.74) is 5.95. The second-order valence-corrected chi connectivity index (χ2v) is 12.7. The minimum absolute atomic E-state index is 0.438. The summed E-state index contributed by atoms with van der Waals surface area (Å²) < 4.78 is 20.4. The number of aryl methyl sites for hydroxylation is 3. The van der Waals surface area contributed by atoms with Gasteiger partial charge in [-0.05, 0) is 74.4 Å². The predicted molar refractivity (Wildman–Crippen MR) is 146 cm³/mol. The molecule has 9 heteroatoms. The average molecular weight is 503 g/mol. The molecule has 0 radical (unpaired) electrons. The Balaban J connectivity index is 1.56. The Hall–Kier alpha value is -3.64. The highest BCUT2D eigenvalue weighted by Crippen LogP contribution is 2.39. The smallest absolute Gasteiger partial charge is 0.229 e. The molecule has 8 nitrogen and oxygen atoms in total. The van der Waals surface area contributed by atoms with Gasteiger partial charge in [-0.2, -0.15) is 10.1 Å². The highest BCUT2D eigenvalue weighted by atomic mass is 31.2. The summed E-state index contributed by atoms with van der Waals surface area (Å²) in [5.74, 6) is 1.81. The quantitative estimate of drug-likeness (QED) is 0.322. The molecule has 36 heavy (non-hydrogen) atoms. The molecule has 0 unspecified atom stereocenters. The predicted octanol–water partition coefficient (Wildman–Crippen LogP) is 5.50. The molecule has 2 aromatic heterocycles. The molecule has 186 valence electrons. The van der Waals surface area contributed by atoms with Crippen LogP contribution in [-0.2, 0) is 24.5 Å². The molecule has 2 heterocycles. The zero-order valence-corrected chi connectivity index (χ0v) is 22.0. The number of nitrogens with one attached hydrogen (secondary N) is 2.